The minimum absolute atomic E-state index is 0.0714. The van der Waals surface area contributed by atoms with E-state index in [0.29, 0.717) is 11.4 Å². The minimum atomic E-state index is -1.20. The van der Waals surface area contributed by atoms with Crippen molar-refractivity contribution in [1.29, 1.82) is 0 Å². The summed E-state index contributed by atoms with van der Waals surface area (Å²) in [6.07, 6.45) is 0. The number of benzene rings is 1. The highest BCUT2D eigenvalue weighted by Crippen LogP contribution is 2.22. The first-order valence-corrected chi connectivity index (χ1v) is 6.68. The molecule has 0 aliphatic heterocycles. The van der Waals surface area contributed by atoms with Crippen LogP contribution in [0.2, 0.25) is 5.02 Å². The Morgan fingerprint density at radius 3 is 2.71 bits per heavy atom. The smallest absolute Gasteiger partial charge is 0.356 e. The average Bonchev–Trinajstić information content (AvgIpc) is 2.43. The molecular formula is C15H14ClFN2O2. The van der Waals surface area contributed by atoms with Gasteiger partial charge in [0, 0.05) is 0 Å². The number of aromatic carboxylic acids is 1. The molecule has 0 saturated heterocycles. The summed E-state index contributed by atoms with van der Waals surface area (Å²) in [5, 5.41) is 12.1. The van der Waals surface area contributed by atoms with Gasteiger partial charge in [0.2, 0.25) is 0 Å². The van der Waals surface area contributed by atoms with Crippen LogP contribution in [-0.4, -0.2) is 16.1 Å². The first-order chi connectivity index (χ1) is 9.88. The number of pyridine rings is 1. The lowest BCUT2D eigenvalue weighted by Gasteiger charge is -2.16. The third-order valence-corrected chi connectivity index (χ3v) is 3.41. The molecule has 0 bridgehead atoms. The maximum atomic E-state index is 13.6. The van der Waals surface area contributed by atoms with Crippen molar-refractivity contribution >= 4 is 23.4 Å². The number of aromatic nitrogens is 1. The van der Waals surface area contributed by atoms with Gasteiger partial charge in [0.25, 0.3) is 0 Å². The zero-order chi connectivity index (χ0) is 15.6. The van der Waals surface area contributed by atoms with Crippen molar-refractivity contribution in [3.63, 3.8) is 0 Å². The van der Waals surface area contributed by atoms with Gasteiger partial charge in [0.05, 0.1) is 11.1 Å². The van der Waals surface area contributed by atoms with Gasteiger partial charge in [-0.3, -0.25) is 0 Å². The maximum absolute atomic E-state index is 13.6. The van der Waals surface area contributed by atoms with Gasteiger partial charge in [0.15, 0.2) is 5.69 Å². The number of carboxylic acids is 1. The number of carboxylic acid groups (broad SMARTS) is 1. The molecule has 2 rings (SSSR count). The van der Waals surface area contributed by atoms with E-state index in [-0.39, 0.29) is 22.6 Å². The number of halogens is 2. The Kier molecular flexibility index (Phi) is 4.43. The zero-order valence-corrected chi connectivity index (χ0v) is 12.3. The molecule has 1 unspecified atom stereocenters. The summed E-state index contributed by atoms with van der Waals surface area (Å²) < 4.78 is 13.6. The Labute approximate surface area is 126 Å². The van der Waals surface area contributed by atoms with Gasteiger partial charge in [-0.05, 0) is 43.2 Å². The molecule has 21 heavy (non-hydrogen) atoms. The molecule has 0 radical (unpaired) electrons. The highest BCUT2D eigenvalue weighted by atomic mass is 35.5. The van der Waals surface area contributed by atoms with E-state index in [9.17, 15) is 9.18 Å². The van der Waals surface area contributed by atoms with Gasteiger partial charge in [-0.25, -0.2) is 14.2 Å². The van der Waals surface area contributed by atoms with Crippen LogP contribution in [0.4, 0.5) is 10.2 Å². The largest absolute Gasteiger partial charge is 0.476 e. The van der Waals surface area contributed by atoms with Crippen LogP contribution in [0, 0.1) is 12.7 Å². The van der Waals surface area contributed by atoms with Crippen molar-refractivity contribution in [2.24, 2.45) is 0 Å². The Hall–Kier alpha value is -2.14. The summed E-state index contributed by atoms with van der Waals surface area (Å²) in [6, 6.07) is 7.76. The number of nitrogens with one attached hydrogen (secondary N) is 1. The molecule has 2 N–H and O–H groups in total. The van der Waals surface area contributed by atoms with Gasteiger partial charge >= 0.3 is 5.97 Å². The summed E-state index contributed by atoms with van der Waals surface area (Å²) in [5.41, 5.74) is 1.10. The first kappa shape index (κ1) is 15.3. The molecule has 1 heterocycles. The topological polar surface area (TPSA) is 62.2 Å². The predicted molar refractivity (Wildman–Crippen MR) is 79.4 cm³/mol. The highest BCUT2D eigenvalue weighted by Gasteiger charge is 2.13. The number of aryl methyl sites for hydroxylation is 1. The number of carbonyl (C=O) groups is 1. The molecule has 0 aliphatic carbocycles. The van der Waals surface area contributed by atoms with Crippen LogP contribution in [0.1, 0.15) is 34.6 Å². The molecule has 0 aliphatic rings. The monoisotopic (exact) mass is 308 g/mol. The molecule has 110 valence electrons. The van der Waals surface area contributed by atoms with E-state index in [2.05, 4.69) is 10.3 Å². The fourth-order valence-electron chi connectivity index (χ4n) is 1.86. The molecule has 4 nitrogen and oxygen atoms in total. The van der Waals surface area contributed by atoms with Gasteiger partial charge in [0.1, 0.15) is 11.6 Å². The number of anilines is 1. The molecule has 1 aromatic heterocycles. The lowest BCUT2D eigenvalue weighted by atomic mass is 10.1. The van der Waals surface area contributed by atoms with Gasteiger partial charge in [-0.2, -0.15) is 0 Å². The summed E-state index contributed by atoms with van der Waals surface area (Å²) in [7, 11) is 0. The van der Waals surface area contributed by atoms with Gasteiger partial charge in [-0.15, -0.1) is 0 Å². The maximum Gasteiger partial charge on any atom is 0.356 e. The van der Waals surface area contributed by atoms with Crippen molar-refractivity contribution < 1.29 is 14.3 Å². The second kappa shape index (κ2) is 6.10. The Balaban J connectivity index is 2.23. The van der Waals surface area contributed by atoms with Crippen molar-refractivity contribution in [2.45, 2.75) is 19.9 Å². The van der Waals surface area contributed by atoms with Crippen molar-refractivity contribution in [3.8, 4) is 0 Å². The van der Waals surface area contributed by atoms with E-state index < -0.39 is 5.97 Å². The molecule has 0 spiro atoms. The van der Waals surface area contributed by atoms with Gasteiger partial charge < -0.3 is 10.4 Å². The fraction of sp³-hybridized carbons (Fsp3) is 0.200. The van der Waals surface area contributed by atoms with E-state index >= 15 is 0 Å². The first-order valence-electron chi connectivity index (χ1n) is 6.31. The fourth-order valence-corrected chi connectivity index (χ4v) is 2.04. The van der Waals surface area contributed by atoms with Crippen LogP contribution < -0.4 is 5.32 Å². The summed E-state index contributed by atoms with van der Waals surface area (Å²) in [5.74, 6) is -1.11. The Morgan fingerprint density at radius 1 is 1.38 bits per heavy atom. The van der Waals surface area contributed by atoms with Gasteiger partial charge in [-0.1, -0.05) is 23.7 Å². The quantitative estimate of drug-likeness (QED) is 0.894. The number of nitrogens with zero attached hydrogens (tertiary/aromatic N) is 1. The third-order valence-electron chi connectivity index (χ3n) is 3.11. The predicted octanol–water partition coefficient (Wildman–Crippen LogP) is 4.05. The van der Waals surface area contributed by atoms with Crippen LogP contribution in [0.25, 0.3) is 0 Å². The number of hydrogen-bond donors (Lipinski definition) is 2. The molecule has 1 atom stereocenters. The van der Waals surface area contributed by atoms with E-state index in [1.165, 1.54) is 12.1 Å². The second-order valence-electron chi connectivity index (χ2n) is 4.71. The summed E-state index contributed by atoms with van der Waals surface area (Å²) in [4.78, 5) is 14.9. The minimum Gasteiger partial charge on any atom is -0.476 e. The van der Waals surface area contributed by atoms with Crippen LogP contribution in [-0.2, 0) is 0 Å². The SMILES string of the molecule is Cc1ccc(C(C)Nc2ccc(Cl)c(C(=O)O)n2)cc1F. The number of hydrogen-bond acceptors (Lipinski definition) is 3. The molecule has 0 amide bonds. The van der Waals surface area contributed by atoms with Crippen molar-refractivity contribution in [2.75, 3.05) is 5.32 Å². The summed E-state index contributed by atoms with van der Waals surface area (Å²) in [6.45, 7) is 3.53. The molecule has 0 fully saturated rings. The van der Waals surface area contributed by atoms with Crippen molar-refractivity contribution in [1.82, 2.24) is 4.98 Å². The van der Waals surface area contributed by atoms with Crippen LogP contribution in [0.5, 0.6) is 0 Å². The number of rotatable bonds is 4. The van der Waals surface area contributed by atoms with Crippen LogP contribution in [0.15, 0.2) is 30.3 Å². The molecular weight excluding hydrogens is 295 g/mol. The molecule has 1 aromatic carbocycles. The lowest BCUT2D eigenvalue weighted by Crippen LogP contribution is -2.10. The third kappa shape index (κ3) is 3.49. The van der Waals surface area contributed by atoms with Crippen LogP contribution >= 0.6 is 11.6 Å². The molecule has 0 saturated carbocycles. The van der Waals surface area contributed by atoms with Crippen LogP contribution in [0.3, 0.4) is 0 Å². The average molecular weight is 309 g/mol. The van der Waals surface area contributed by atoms with E-state index in [0.717, 1.165) is 5.56 Å². The van der Waals surface area contributed by atoms with E-state index in [4.69, 9.17) is 16.7 Å². The highest BCUT2D eigenvalue weighted by molar-refractivity contribution is 6.33. The van der Waals surface area contributed by atoms with E-state index in [1.807, 2.05) is 13.0 Å². The zero-order valence-electron chi connectivity index (χ0n) is 11.5. The Bertz CT molecular complexity index is 691. The Morgan fingerprint density at radius 2 is 2.10 bits per heavy atom. The van der Waals surface area contributed by atoms with E-state index in [1.54, 1.807) is 19.1 Å². The molecule has 6 heteroatoms. The summed E-state index contributed by atoms with van der Waals surface area (Å²) >= 11 is 5.76. The second-order valence-corrected chi connectivity index (χ2v) is 5.11. The molecule has 2 aromatic rings. The van der Waals surface area contributed by atoms with Crippen molar-refractivity contribution in [3.05, 3.63) is 58.0 Å². The standard InChI is InChI=1S/C15H14ClFN2O2/c1-8-3-4-10(7-12(8)17)9(2)18-13-6-5-11(16)14(19-13)15(20)21/h3-7,9H,1-2H3,(H,18,19)(H,20,21). The lowest BCUT2D eigenvalue weighted by molar-refractivity contribution is 0.0691. The normalized spacial score (nSPS) is 12.0.